The Hall–Kier alpha value is -8.66. The molecule has 3 aliphatic heterocycles. The fourth-order valence-corrected chi connectivity index (χ4v) is 9.13. The minimum Gasteiger partial charge on any atom is -0.493 e. The zero-order valence-electron chi connectivity index (χ0n) is 45.2. The third kappa shape index (κ3) is 14.5. The highest BCUT2D eigenvalue weighted by Gasteiger charge is 2.53. The summed E-state index contributed by atoms with van der Waals surface area (Å²) in [6, 6.07) is 4.36. The monoisotopic (exact) mass is 1100 g/mol. The van der Waals surface area contributed by atoms with Crippen LogP contribution in [0.2, 0.25) is 0 Å². The molecule has 7 rings (SSSR count). The largest absolute Gasteiger partial charge is 0.493 e. The van der Waals surface area contributed by atoms with Crippen molar-refractivity contribution in [3.63, 3.8) is 0 Å². The molecule has 0 aliphatic carbocycles. The Morgan fingerprint density at radius 2 is 1.41 bits per heavy atom. The van der Waals surface area contributed by atoms with Crippen LogP contribution in [0.5, 0.6) is 11.5 Å². The Kier molecular flexibility index (Phi) is 18.8. The quantitative estimate of drug-likeness (QED) is 0.0499. The van der Waals surface area contributed by atoms with E-state index in [1.807, 2.05) is 19.0 Å². The van der Waals surface area contributed by atoms with Crippen LogP contribution < -0.4 is 30.7 Å². The van der Waals surface area contributed by atoms with Gasteiger partial charge in [0.05, 0.1) is 36.7 Å². The predicted octanol–water partition coefficient (Wildman–Crippen LogP) is 2.52. The van der Waals surface area contributed by atoms with Gasteiger partial charge in [-0.25, -0.2) is 9.97 Å². The average Bonchev–Trinajstić information content (AvgIpc) is 4.21. The molecule has 1 aromatic carbocycles. The molecule has 0 bridgehead atoms. The van der Waals surface area contributed by atoms with Gasteiger partial charge in [0.15, 0.2) is 47.7 Å². The SMILES string of the molecule is COc1cc2c(cc1OCCCC(=O)Nc1cc(C(=O)Nc3cn(C)c(C(=O)Nc4cn(C)c(C(=O)NCCCN(C)C)n4)n3)n([C@H]3O[C@H](COC(C)=O)[C@@H](OC(C)=O)[C@@H](OC(C)=O)[C@H]3OC(C)=O)c1)N=C[C@H]1CCCN1C2=O. The lowest BCUT2D eigenvalue weighted by molar-refractivity contribution is -0.268. The number of nitrogens with one attached hydrogen (secondary N) is 4. The van der Waals surface area contributed by atoms with Crippen molar-refractivity contribution < 1.29 is 76.3 Å². The number of hydrogen-bond acceptors (Lipinski definition) is 20. The van der Waals surface area contributed by atoms with Gasteiger partial charge in [0.25, 0.3) is 23.6 Å². The van der Waals surface area contributed by atoms with E-state index in [2.05, 4.69) is 36.2 Å². The minimum absolute atomic E-state index is 0.0115. The maximum Gasteiger partial charge on any atom is 0.303 e. The first-order chi connectivity index (χ1) is 37.6. The molecule has 6 atom stereocenters. The van der Waals surface area contributed by atoms with Crippen molar-refractivity contribution >= 4 is 82.6 Å². The van der Waals surface area contributed by atoms with Crippen molar-refractivity contribution in [3.8, 4) is 11.5 Å². The van der Waals surface area contributed by atoms with Crippen LogP contribution in [0.3, 0.4) is 0 Å². The zero-order chi connectivity index (χ0) is 57.2. The topological polar surface area (TPSA) is 326 Å². The molecule has 4 aromatic rings. The van der Waals surface area contributed by atoms with Crippen LogP contribution in [0.25, 0.3) is 0 Å². The van der Waals surface area contributed by atoms with E-state index in [1.165, 1.54) is 52.5 Å². The van der Waals surface area contributed by atoms with Crippen LogP contribution in [-0.2, 0) is 61.8 Å². The number of fused-ring (bicyclic) bond motifs is 2. The molecule has 3 aromatic heterocycles. The molecule has 2 saturated heterocycles. The molecule has 28 nitrogen and oxygen atoms in total. The summed E-state index contributed by atoms with van der Waals surface area (Å²) in [6.45, 7) is 5.54. The third-order valence-corrected chi connectivity index (χ3v) is 12.6. The molecule has 424 valence electrons. The second-order valence-electron chi connectivity index (χ2n) is 19.1. The first-order valence-electron chi connectivity index (χ1n) is 25.2. The van der Waals surface area contributed by atoms with Gasteiger partial charge in [-0.15, -0.1) is 0 Å². The van der Waals surface area contributed by atoms with Gasteiger partial charge in [-0.3, -0.25) is 48.1 Å². The molecule has 6 heterocycles. The number of ether oxygens (including phenoxy) is 7. The molecule has 5 amide bonds. The Morgan fingerprint density at radius 1 is 0.759 bits per heavy atom. The van der Waals surface area contributed by atoms with Crippen molar-refractivity contribution in [1.29, 1.82) is 0 Å². The van der Waals surface area contributed by atoms with Crippen molar-refractivity contribution in [2.75, 3.05) is 70.0 Å². The first-order valence-corrected chi connectivity index (χ1v) is 25.2. The second-order valence-corrected chi connectivity index (χ2v) is 19.1. The molecule has 3 aliphatic rings. The van der Waals surface area contributed by atoms with E-state index < -0.39 is 84.8 Å². The number of rotatable bonds is 22. The Morgan fingerprint density at radius 3 is 2.05 bits per heavy atom. The number of nitrogens with zero attached hydrogens (tertiary/aromatic N) is 8. The van der Waals surface area contributed by atoms with E-state index >= 15 is 0 Å². The Balaban J connectivity index is 1.13. The molecular weight excluding hydrogens is 1040 g/mol. The van der Waals surface area contributed by atoms with Crippen molar-refractivity contribution in [2.24, 2.45) is 19.1 Å². The van der Waals surface area contributed by atoms with Gasteiger partial charge in [0, 0.05) is 92.2 Å². The highest BCUT2D eigenvalue weighted by Crippen LogP contribution is 2.39. The fourth-order valence-electron chi connectivity index (χ4n) is 9.13. The molecular formula is C51H64N12O16. The number of amides is 5. The Labute approximate surface area is 453 Å². The number of aromatic nitrogens is 5. The summed E-state index contributed by atoms with van der Waals surface area (Å²) < 4.78 is 44.0. The molecule has 0 unspecified atom stereocenters. The van der Waals surface area contributed by atoms with Crippen LogP contribution in [0.15, 0.2) is 41.8 Å². The summed E-state index contributed by atoms with van der Waals surface area (Å²) in [6.07, 6.45) is 0.386. The number of aliphatic imine (C=N–C) groups is 1. The minimum atomic E-state index is -1.67. The summed E-state index contributed by atoms with van der Waals surface area (Å²) >= 11 is 0. The lowest BCUT2D eigenvalue weighted by Gasteiger charge is -2.45. The van der Waals surface area contributed by atoms with Crippen LogP contribution in [0.4, 0.5) is 23.0 Å². The molecule has 0 saturated carbocycles. The number of benzene rings is 1. The van der Waals surface area contributed by atoms with Crippen molar-refractivity contribution in [3.05, 3.63) is 59.7 Å². The van der Waals surface area contributed by atoms with Gasteiger partial charge in [0.2, 0.25) is 17.6 Å². The van der Waals surface area contributed by atoms with E-state index in [4.69, 9.17) is 33.2 Å². The maximum absolute atomic E-state index is 14.6. The lowest BCUT2D eigenvalue weighted by Crippen LogP contribution is -2.60. The van der Waals surface area contributed by atoms with Gasteiger partial charge in [-0.05, 0) is 58.5 Å². The maximum atomic E-state index is 14.6. The van der Waals surface area contributed by atoms with Crippen LogP contribution in [0.1, 0.15) is 108 Å². The summed E-state index contributed by atoms with van der Waals surface area (Å²) in [7, 11) is 8.37. The highest BCUT2D eigenvalue weighted by atomic mass is 16.7. The lowest BCUT2D eigenvalue weighted by atomic mass is 9.97. The number of imidazole rings is 2. The summed E-state index contributed by atoms with van der Waals surface area (Å²) in [5, 5.41) is 10.8. The molecule has 79 heavy (non-hydrogen) atoms. The smallest absolute Gasteiger partial charge is 0.303 e. The number of hydrogen-bond donors (Lipinski definition) is 4. The van der Waals surface area contributed by atoms with Crippen molar-refractivity contribution in [2.45, 2.75) is 96.5 Å². The average molecular weight is 1100 g/mol. The number of carbonyl (C=O) groups is 9. The molecule has 28 heteroatoms. The summed E-state index contributed by atoms with van der Waals surface area (Å²) in [5.41, 5.74) is 0.533. The number of anilines is 3. The van der Waals surface area contributed by atoms with Gasteiger partial charge in [-0.1, -0.05) is 0 Å². The summed E-state index contributed by atoms with van der Waals surface area (Å²) in [4.78, 5) is 135. The highest BCUT2D eigenvalue weighted by molar-refractivity contribution is 6.06. The normalized spacial score (nSPS) is 19.3. The molecule has 2 fully saturated rings. The van der Waals surface area contributed by atoms with Crippen LogP contribution in [-0.4, -0.2) is 178 Å². The Bertz CT molecular complexity index is 3020. The summed E-state index contributed by atoms with van der Waals surface area (Å²) in [5.74, 6) is -5.85. The molecule has 0 radical (unpaired) electrons. The van der Waals surface area contributed by atoms with E-state index in [-0.39, 0.29) is 66.1 Å². The van der Waals surface area contributed by atoms with Crippen LogP contribution >= 0.6 is 0 Å². The van der Waals surface area contributed by atoms with Gasteiger partial charge in [-0.2, -0.15) is 0 Å². The molecule has 4 N–H and O–H groups in total. The van der Waals surface area contributed by atoms with E-state index in [9.17, 15) is 43.2 Å². The van der Waals surface area contributed by atoms with E-state index in [0.29, 0.717) is 42.3 Å². The first kappa shape index (κ1) is 58.0. The third-order valence-electron chi connectivity index (χ3n) is 12.6. The number of carbonyl (C=O) groups excluding carboxylic acids is 9. The fraction of sp³-hybridized carbons (Fsp3) is 0.490. The second kappa shape index (κ2) is 25.7. The van der Waals surface area contributed by atoms with Crippen LogP contribution in [0, 0.1) is 0 Å². The van der Waals surface area contributed by atoms with Gasteiger partial charge < -0.3 is 77.9 Å². The van der Waals surface area contributed by atoms with Crippen molar-refractivity contribution in [1.82, 2.24) is 38.8 Å². The van der Waals surface area contributed by atoms with Gasteiger partial charge in [0.1, 0.15) is 18.4 Å². The number of esters is 4. The van der Waals surface area contributed by atoms with Gasteiger partial charge >= 0.3 is 23.9 Å². The molecule has 0 spiro atoms. The van der Waals surface area contributed by atoms with E-state index in [0.717, 1.165) is 47.1 Å². The number of methoxy groups -OCH3 is 1. The zero-order valence-corrected chi connectivity index (χ0v) is 45.2. The van der Waals surface area contributed by atoms with E-state index in [1.54, 1.807) is 30.3 Å². The number of aryl methyl sites for hydroxylation is 2. The predicted molar refractivity (Wildman–Crippen MR) is 278 cm³/mol. The standard InChI is InChI=1S/C51H64N12O16/c1-27(64)75-26-38-42(76-28(2)65)43(77-29(3)66)44(78-30(4)67)51(79-38)63-23-31(54-41(68)14-11-18-74-37-21-34-33(20-36(37)73-9)50(72)62-17-10-13-32(62)22-53-34)19-35(63)47(69)57-39-24-61(8)46(56-39)49(71)58-40-25-60(7)45(55-40)48(70)52-15-12-16-59(5)6/h19-25,32,38,42-44,51H,10-18,26H2,1-9H3,(H,52,70)(H,54,68)(H,57,69)(H,58,71)/t32-,38-,42-,43-,44-,51+/m1/s1.